The molecule has 0 spiro atoms. The summed E-state index contributed by atoms with van der Waals surface area (Å²) in [5, 5.41) is 4.90. The quantitative estimate of drug-likeness (QED) is 0.457. The lowest BCUT2D eigenvalue weighted by Gasteiger charge is -2.14. The lowest BCUT2D eigenvalue weighted by molar-refractivity contribution is 0.414. The number of hydrogen-bond acceptors (Lipinski definition) is 4. The number of ether oxygens (including phenoxy) is 1. The summed E-state index contributed by atoms with van der Waals surface area (Å²) in [6.45, 7) is 0. The highest BCUT2D eigenvalue weighted by Gasteiger charge is 2.18. The van der Waals surface area contributed by atoms with Gasteiger partial charge in [0.2, 0.25) is 0 Å². The van der Waals surface area contributed by atoms with E-state index in [1.54, 1.807) is 22.6 Å². The molecule has 0 saturated heterocycles. The smallest absolute Gasteiger partial charge is 0.269 e. The minimum atomic E-state index is -0.175. The van der Waals surface area contributed by atoms with Crippen LogP contribution < -0.4 is 10.3 Å². The van der Waals surface area contributed by atoms with Crippen molar-refractivity contribution in [2.45, 2.75) is 0 Å². The van der Waals surface area contributed by atoms with Crippen molar-refractivity contribution in [1.29, 1.82) is 0 Å². The lowest BCUT2D eigenvalue weighted by Crippen LogP contribution is -2.22. The van der Waals surface area contributed by atoms with Crippen LogP contribution >= 0.6 is 0 Å². The molecule has 0 aliphatic carbocycles. The summed E-state index contributed by atoms with van der Waals surface area (Å²) in [4.78, 5) is 18.5. The van der Waals surface area contributed by atoms with Gasteiger partial charge < -0.3 is 4.74 Å². The molecule has 0 unspecified atom stereocenters. The summed E-state index contributed by atoms with van der Waals surface area (Å²) >= 11 is 0. The van der Waals surface area contributed by atoms with Crippen molar-refractivity contribution in [3.63, 3.8) is 0 Å². The second kappa shape index (κ2) is 7.33. The van der Waals surface area contributed by atoms with Gasteiger partial charge in [-0.2, -0.15) is 5.10 Å². The summed E-state index contributed by atoms with van der Waals surface area (Å²) in [6, 6.07) is 26.7. The van der Waals surface area contributed by atoms with Crippen LogP contribution in [0, 0.1) is 0 Å². The molecule has 146 valence electrons. The van der Waals surface area contributed by atoms with Gasteiger partial charge in [-0.1, -0.05) is 48.5 Å². The zero-order valence-corrected chi connectivity index (χ0v) is 16.3. The highest BCUT2D eigenvalue weighted by atomic mass is 16.5. The highest BCUT2D eigenvalue weighted by molar-refractivity contribution is 5.78. The van der Waals surface area contributed by atoms with Gasteiger partial charge >= 0.3 is 0 Å². The SMILES string of the molecule is COc1ccc(-n2c(-c3ccccc3)nc3c(cnn3-c3ccccc3)c2=O)cc1. The Morgan fingerprint density at radius 1 is 0.800 bits per heavy atom. The van der Waals surface area contributed by atoms with Crippen LogP contribution in [0.25, 0.3) is 33.8 Å². The maximum atomic E-state index is 13.6. The van der Waals surface area contributed by atoms with Gasteiger partial charge in [-0.3, -0.25) is 9.36 Å². The molecule has 6 nitrogen and oxygen atoms in total. The maximum Gasteiger partial charge on any atom is 0.269 e. The Kier molecular flexibility index (Phi) is 4.37. The molecule has 2 heterocycles. The van der Waals surface area contributed by atoms with Crippen LogP contribution in [0.5, 0.6) is 5.75 Å². The van der Waals surface area contributed by atoms with Crippen LogP contribution in [0.1, 0.15) is 0 Å². The fourth-order valence-electron chi connectivity index (χ4n) is 3.48. The maximum absolute atomic E-state index is 13.6. The second-order valence-corrected chi connectivity index (χ2v) is 6.77. The van der Waals surface area contributed by atoms with Crippen LogP contribution in [0.15, 0.2) is 95.9 Å². The van der Waals surface area contributed by atoms with E-state index in [1.165, 1.54) is 0 Å². The number of methoxy groups -OCH3 is 1. The number of hydrogen-bond donors (Lipinski definition) is 0. The molecule has 0 radical (unpaired) electrons. The molecule has 5 rings (SSSR count). The van der Waals surface area contributed by atoms with E-state index in [9.17, 15) is 4.79 Å². The molecule has 0 bridgehead atoms. The number of aromatic nitrogens is 4. The van der Waals surface area contributed by atoms with Crippen molar-refractivity contribution in [2.24, 2.45) is 0 Å². The molecule has 0 atom stereocenters. The first-order valence-corrected chi connectivity index (χ1v) is 9.52. The Balaban J connectivity index is 1.83. The van der Waals surface area contributed by atoms with E-state index in [1.807, 2.05) is 84.9 Å². The van der Waals surface area contributed by atoms with E-state index in [-0.39, 0.29) is 5.56 Å². The normalized spacial score (nSPS) is 11.0. The third-order valence-corrected chi connectivity index (χ3v) is 4.96. The van der Waals surface area contributed by atoms with Gasteiger partial charge in [-0.25, -0.2) is 9.67 Å². The molecule has 0 aliphatic rings. The Bertz CT molecular complexity index is 1370. The number of fused-ring (bicyclic) bond motifs is 1. The van der Waals surface area contributed by atoms with E-state index in [4.69, 9.17) is 9.72 Å². The van der Waals surface area contributed by atoms with Crippen molar-refractivity contribution in [2.75, 3.05) is 7.11 Å². The van der Waals surface area contributed by atoms with E-state index in [2.05, 4.69) is 5.10 Å². The molecule has 2 aromatic heterocycles. The fourth-order valence-corrected chi connectivity index (χ4v) is 3.48. The summed E-state index contributed by atoms with van der Waals surface area (Å²) in [7, 11) is 1.61. The van der Waals surface area contributed by atoms with Gasteiger partial charge in [-0.15, -0.1) is 0 Å². The van der Waals surface area contributed by atoms with Crippen molar-refractivity contribution in [3.8, 4) is 28.5 Å². The number of benzene rings is 3. The third-order valence-electron chi connectivity index (χ3n) is 4.96. The molecule has 30 heavy (non-hydrogen) atoms. The number of para-hydroxylation sites is 1. The van der Waals surface area contributed by atoms with E-state index < -0.39 is 0 Å². The molecule has 6 heteroatoms. The van der Waals surface area contributed by atoms with Crippen LogP contribution in [0.3, 0.4) is 0 Å². The fraction of sp³-hybridized carbons (Fsp3) is 0.0417. The molecular formula is C24H18N4O2. The Hall–Kier alpha value is -4.19. The van der Waals surface area contributed by atoms with Crippen molar-refractivity contribution >= 4 is 11.0 Å². The van der Waals surface area contributed by atoms with Crippen molar-refractivity contribution in [3.05, 3.63) is 101 Å². The molecule has 3 aromatic carbocycles. The number of rotatable bonds is 4. The van der Waals surface area contributed by atoms with Crippen molar-refractivity contribution < 1.29 is 4.74 Å². The molecule has 0 aliphatic heterocycles. The monoisotopic (exact) mass is 394 g/mol. The minimum Gasteiger partial charge on any atom is -0.497 e. The minimum absolute atomic E-state index is 0.175. The summed E-state index contributed by atoms with van der Waals surface area (Å²) in [5.74, 6) is 1.27. The van der Waals surface area contributed by atoms with E-state index >= 15 is 0 Å². The van der Waals surface area contributed by atoms with Gasteiger partial charge in [0, 0.05) is 5.56 Å². The van der Waals surface area contributed by atoms with Crippen LogP contribution in [0.4, 0.5) is 0 Å². The zero-order valence-electron chi connectivity index (χ0n) is 16.3. The Labute approximate surface area is 172 Å². The second-order valence-electron chi connectivity index (χ2n) is 6.77. The molecular weight excluding hydrogens is 376 g/mol. The van der Waals surface area contributed by atoms with E-state index in [0.29, 0.717) is 22.5 Å². The molecule has 0 saturated carbocycles. The molecule has 0 N–H and O–H groups in total. The third kappa shape index (κ3) is 2.95. The lowest BCUT2D eigenvalue weighted by atomic mass is 10.2. The first kappa shape index (κ1) is 17.9. The zero-order chi connectivity index (χ0) is 20.5. The summed E-state index contributed by atoms with van der Waals surface area (Å²) in [6.07, 6.45) is 1.58. The molecule has 0 amide bonds. The number of nitrogens with zero attached hydrogens (tertiary/aromatic N) is 4. The standard InChI is InChI=1S/C24H18N4O2/c1-30-20-14-12-18(13-15-20)27-22(17-8-4-2-5-9-17)26-23-21(24(27)29)16-25-28(23)19-10-6-3-7-11-19/h2-16H,1H3. The Morgan fingerprint density at radius 2 is 1.47 bits per heavy atom. The largest absolute Gasteiger partial charge is 0.497 e. The van der Waals surface area contributed by atoms with Gasteiger partial charge in [-0.05, 0) is 36.4 Å². The van der Waals surface area contributed by atoms with Crippen LogP contribution in [0.2, 0.25) is 0 Å². The Morgan fingerprint density at radius 3 is 2.13 bits per heavy atom. The first-order valence-electron chi connectivity index (χ1n) is 9.52. The topological polar surface area (TPSA) is 61.9 Å². The average Bonchev–Trinajstić information content (AvgIpc) is 3.25. The van der Waals surface area contributed by atoms with Gasteiger partial charge in [0.1, 0.15) is 17.0 Å². The van der Waals surface area contributed by atoms with Gasteiger partial charge in [0.05, 0.1) is 24.7 Å². The van der Waals surface area contributed by atoms with Crippen molar-refractivity contribution in [1.82, 2.24) is 19.3 Å². The summed E-state index contributed by atoms with van der Waals surface area (Å²) < 4.78 is 8.57. The highest BCUT2D eigenvalue weighted by Crippen LogP contribution is 2.24. The van der Waals surface area contributed by atoms with Gasteiger partial charge in [0.15, 0.2) is 5.65 Å². The first-order chi connectivity index (χ1) is 14.8. The predicted molar refractivity (Wildman–Crippen MR) is 116 cm³/mol. The van der Waals surface area contributed by atoms with Gasteiger partial charge in [0.25, 0.3) is 5.56 Å². The summed E-state index contributed by atoms with van der Waals surface area (Å²) in [5.41, 5.74) is 2.75. The molecule has 0 fully saturated rings. The predicted octanol–water partition coefficient (Wildman–Crippen LogP) is 4.25. The van der Waals surface area contributed by atoms with Crippen LogP contribution in [-0.4, -0.2) is 26.4 Å². The molecule has 5 aromatic rings. The van der Waals surface area contributed by atoms with Crippen LogP contribution in [-0.2, 0) is 0 Å². The van der Waals surface area contributed by atoms with E-state index in [0.717, 1.165) is 17.0 Å². The average molecular weight is 394 g/mol.